The lowest BCUT2D eigenvalue weighted by Crippen LogP contribution is -2.28. The molecule has 0 saturated heterocycles. The fraction of sp³-hybridized carbons (Fsp3) is 0.136. The van der Waals surface area contributed by atoms with Gasteiger partial charge in [-0.05, 0) is 31.2 Å². The van der Waals surface area contributed by atoms with Crippen LogP contribution in [0, 0.1) is 28.5 Å². The summed E-state index contributed by atoms with van der Waals surface area (Å²) < 4.78 is 16.0. The van der Waals surface area contributed by atoms with Gasteiger partial charge in [0.05, 0.1) is 28.9 Å². The summed E-state index contributed by atoms with van der Waals surface area (Å²) in [5, 5.41) is 24.7. The molecule has 0 radical (unpaired) electrons. The number of nitrogens with two attached hydrogens (primary N) is 1. The molecule has 34 heavy (non-hydrogen) atoms. The SMILES string of the molecule is CNc1nc(N)nc(N[C@@H](C)c2nc3c(F)ccc(C#N)c3c(=O)n2-c2cccnc2)c1C#N. The van der Waals surface area contributed by atoms with Gasteiger partial charge in [-0.2, -0.15) is 20.5 Å². The van der Waals surface area contributed by atoms with Gasteiger partial charge in [0.25, 0.3) is 5.56 Å². The largest absolute Gasteiger partial charge is 0.372 e. The number of halogens is 1. The highest BCUT2D eigenvalue weighted by atomic mass is 19.1. The predicted octanol–water partition coefficient (Wildman–Crippen LogP) is 2.25. The summed E-state index contributed by atoms with van der Waals surface area (Å²) in [6, 6.07) is 8.73. The number of nitriles is 2. The molecule has 0 bridgehead atoms. The van der Waals surface area contributed by atoms with Crippen molar-refractivity contribution < 1.29 is 4.39 Å². The number of hydrogen-bond acceptors (Lipinski definition) is 10. The van der Waals surface area contributed by atoms with Crippen LogP contribution in [0.25, 0.3) is 16.6 Å². The zero-order valence-electron chi connectivity index (χ0n) is 18.0. The molecule has 0 aliphatic heterocycles. The highest BCUT2D eigenvalue weighted by molar-refractivity contribution is 5.85. The number of aromatic nitrogens is 5. The molecule has 0 aliphatic rings. The molecular formula is C22H17FN10O. The lowest BCUT2D eigenvalue weighted by atomic mass is 10.1. The summed E-state index contributed by atoms with van der Waals surface area (Å²) in [7, 11) is 1.58. The van der Waals surface area contributed by atoms with E-state index in [9.17, 15) is 19.7 Å². The zero-order chi connectivity index (χ0) is 24.4. The predicted molar refractivity (Wildman–Crippen MR) is 123 cm³/mol. The van der Waals surface area contributed by atoms with Crippen molar-refractivity contribution in [1.82, 2.24) is 24.5 Å². The van der Waals surface area contributed by atoms with Crippen molar-refractivity contribution in [2.75, 3.05) is 23.4 Å². The fourth-order valence-electron chi connectivity index (χ4n) is 3.53. The molecule has 4 aromatic rings. The van der Waals surface area contributed by atoms with E-state index in [1.807, 2.05) is 12.1 Å². The summed E-state index contributed by atoms with van der Waals surface area (Å²) in [5.74, 6) is -0.416. The number of nitrogen functional groups attached to an aromatic ring is 1. The average molecular weight is 456 g/mol. The Balaban J connectivity index is 1.99. The molecule has 3 heterocycles. The number of pyridine rings is 1. The Labute approximate surface area is 192 Å². The monoisotopic (exact) mass is 456 g/mol. The number of rotatable bonds is 5. The Morgan fingerprint density at radius 1 is 1.15 bits per heavy atom. The van der Waals surface area contributed by atoms with Gasteiger partial charge in [0, 0.05) is 13.2 Å². The van der Waals surface area contributed by atoms with Crippen LogP contribution in [-0.2, 0) is 0 Å². The van der Waals surface area contributed by atoms with Gasteiger partial charge in [-0.25, -0.2) is 9.37 Å². The van der Waals surface area contributed by atoms with Crippen LogP contribution in [0.2, 0.25) is 0 Å². The van der Waals surface area contributed by atoms with Gasteiger partial charge in [0.15, 0.2) is 11.6 Å². The Hall–Kier alpha value is -5.10. The first-order chi connectivity index (χ1) is 16.4. The summed E-state index contributed by atoms with van der Waals surface area (Å²) in [6.07, 6.45) is 2.98. The molecular weight excluding hydrogens is 439 g/mol. The van der Waals surface area contributed by atoms with Crippen LogP contribution in [0.5, 0.6) is 0 Å². The third kappa shape index (κ3) is 3.69. The number of hydrogen-bond donors (Lipinski definition) is 3. The van der Waals surface area contributed by atoms with Gasteiger partial charge in [0.1, 0.15) is 34.9 Å². The Morgan fingerprint density at radius 2 is 1.91 bits per heavy atom. The van der Waals surface area contributed by atoms with E-state index in [2.05, 4.69) is 30.6 Å². The Morgan fingerprint density at radius 3 is 2.56 bits per heavy atom. The van der Waals surface area contributed by atoms with Crippen LogP contribution in [0.1, 0.15) is 29.9 Å². The lowest BCUT2D eigenvalue weighted by molar-refractivity contribution is 0.632. The maximum absolute atomic E-state index is 14.7. The molecule has 0 spiro atoms. The number of fused-ring (bicyclic) bond motifs is 1. The van der Waals surface area contributed by atoms with E-state index in [0.717, 1.165) is 6.07 Å². The normalized spacial score (nSPS) is 11.4. The molecule has 11 nitrogen and oxygen atoms in total. The number of benzene rings is 1. The molecule has 0 saturated carbocycles. The highest BCUT2D eigenvalue weighted by Crippen LogP contribution is 2.27. The minimum absolute atomic E-state index is 0.00675. The lowest BCUT2D eigenvalue weighted by Gasteiger charge is -2.21. The molecule has 0 fully saturated rings. The first-order valence-corrected chi connectivity index (χ1v) is 9.97. The second kappa shape index (κ2) is 8.80. The van der Waals surface area contributed by atoms with Gasteiger partial charge in [-0.1, -0.05) is 0 Å². The van der Waals surface area contributed by atoms with E-state index in [1.165, 1.54) is 23.0 Å². The Kier molecular flexibility index (Phi) is 5.72. The second-order valence-electron chi connectivity index (χ2n) is 7.13. The second-order valence-corrected chi connectivity index (χ2v) is 7.13. The maximum Gasteiger partial charge on any atom is 0.267 e. The Bertz CT molecular complexity index is 1550. The van der Waals surface area contributed by atoms with Crippen molar-refractivity contribution in [2.24, 2.45) is 0 Å². The molecule has 0 unspecified atom stereocenters. The van der Waals surface area contributed by atoms with Crippen LogP contribution < -0.4 is 21.9 Å². The van der Waals surface area contributed by atoms with Crippen LogP contribution in [-0.4, -0.2) is 31.6 Å². The smallest absolute Gasteiger partial charge is 0.267 e. The van der Waals surface area contributed by atoms with Crippen molar-refractivity contribution in [3.8, 4) is 17.8 Å². The van der Waals surface area contributed by atoms with E-state index in [-0.39, 0.29) is 45.4 Å². The summed E-state index contributed by atoms with van der Waals surface area (Å²) in [6.45, 7) is 1.66. The minimum Gasteiger partial charge on any atom is -0.372 e. The van der Waals surface area contributed by atoms with E-state index in [4.69, 9.17) is 5.73 Å². The molecule has 168 valence electrons. The minimum atomic E-state index is -0.770. The summed E-state index contributed by atoms with van der Waals surface area (Å²) in [5.41, 5.74) is 5.33. The van der Waals surface area contributed by atoms with Gasteiger partial charge in [-0.3, -0.25) is 14.3 Å². The van der Waals surface area contributed by atoms with E-state index < -0.39 is 17.4 Å². The molecule has 0 amide bonds. The molecule has 0 aliphatic carbocycles. The number of nitrogens with one attached hydrogen (secondary N) is 2. The zero-order valence-corrected chi connectivity index (χ0v) is 18.0. The van der Waals surface area contributed by atoms with Crippen LogP contribution >= 0.6 is 0 Å². The number of nitrogens with zero attached hydrogens (tertiary/aromatic N) is 7. The van der Waals surface area contributed by atoms with Crippen molar-refractivity contribution >= 4 is 28.5 Å². The van der Waals surface area contributed by atoms with Crippen molar-refractivity contribution in [3.05, 3.63) is 69.8 Å². The summed E-state index contributed by atoms with van der Waals surface area (Å²) in [4.78, 5) is 30.1. The highest BCUT2D eigenvalue weighted by Gasteiger charge is 2.23. The fourth-order valence-corrected chi connectivity index (χ4v) is 3.53. The van der Waals surface area contributed by atoms with E-state index in [0.29, 0.717) is 5.69 Å². The quantitative estimate of drug-likeness (QED) is 0.404. The van der Waals surface area contributed by atoms with Crippen LogP contribution in [0.4, 0.5) is 22.0 Å². The number of anilines is 3. The van der Waals surface area contributed by atoms with Gasteiger partial charge >= 0.3 is 0 Å². The van der Waals surface area contributed by atoms with Gasteiger partial charge < -0.3 is 16.4 Å². The standard InChI is InChI=1S/C22H17FN10O/c1-11(29-19-14(9-25)18(27-2)31-22(26)32-19)20-30-17-15(23)6-5-12(8-24)16(17)21(34)33(20)13-4-3-7-28-10-13/h3-7,10-11H,1-2H3,(H4,26,27,29,31,32)/t11-/m0/s1. The molecule has 1 aromatic carbocycles. The van der Waals surface area contributed by atoms with E-state index in [1.54, 1.807) is 26.1 Å². The third-order valence-electron chi connectivity index (χ3n) is 5.04. The third-order valence-corrected chi connectivity index (χ3v) is 5.04. The molecule has 12 heteroatoms. The summed E-state index contributed by atoms with van der Waals surface area (Å²) >= 11 is 0. The van der Waals surface area contributed by atoms with E-state index >= 15 is 0 Å². The van der Waals surface area contributed by atoms with Crippen molar-refractivity contribution in [2.45, 2.75) is 13.0 Å². The van der Waals surface area contributed by atoms with Crippen LogP contribution in [0.3, 0.4) is 0 Å². The van der Waals surface area contributed by atoms with Gasteiger partial charge in [-0.15, -0.1) is 0 Å². The van der Waals surface area contributed by atoms with Crippen molar-refractivity contribution in [3.63, 3.8) is 0 Å². The van der Waals surface area contributed by atoms with Crippen molar-refractivity contribution in [1.29, 1.82) is 10.5 Å². The molecule has 4 rings (SSSR count). The average Bonchev–Trinajstić information content (AvgIpc) is 2.84. The van der Waals surface area contributed by atoms with Gasteiger partial charge in [0.2, 0.25) is 5.95 Å². The maximum atomic E-state index is 14.7. The first-order valence-electron chi connectivity index (χ1n) is 9.97. The molecule has 3 aromatic heterocycles. The topological polar surface area (TPSA) is 171 Å². The molecule has 1 atom stereocenters. The van der Waals surface area contributed by atoms with Crippen LogP contribution in [0.15, 0.2) is 41.5 Å². The first kappa shape index (κ1) is 22.1. The molecule has 4 N–H and O–H groups in total.